The summed E-state index contributed by atoms with van der Waals surface area (Å²) >= 11 is 0. The summed E-state index contributed by atoms with van der Waals surface area (Å²) in [6.45, 7) is 3.69. The number of hydrogen-bond acceptors (Lipinski definition) is 2. The molecule has 2 fully saturated rings. The number of nitrogens with one attached hydrogen (secondary N) is 1. The van der Waals surface area contributed by atoms with Crippen LogP contribution in [-0.2, 0) is 0 Å². The number of rotatable bonds is 3. The Balaban J connectivity index is 0.00000121. The van der Waals surface area contributed by atoms with Crippen molar-refractivity contribution in [2.75, 3.05) is 26.2 Å². The van der Waals surface area contributed by atoms with Gasteiger partial charge in [-0.3, -0.25) is 4.90 Å². The van der Waals surface area contributed by atoms with E-state index in [1.54, 1.807) is 12.1 Å². The molecule has 0 amide bonds. The van der Waals surface area contributed by atoms with Crippen molar-refractivity contribution in [3.05, 3.63) is 35.4 Å². The van der Waals surface area contributed by atoms with E-state index in [0.717, 1.165) is 39.0 Å². The fourth-order valence-corrected chi connectivity index (χ4v) is 3.73. The Bertz CT molecular complexity index is 461. The standard InChI is InChI=1S/C16H22F2N2.2ClH/c17-14-7-3-6-13(15(14)18)16(12-4-1-2-5-12)20-10-8-19-9-11-20;;/h3,6-7,12,16,19H,1-2,4-5,8-11H2;2*1H/t16-;;/m0../s1. The summed E-state index contributed by atoms with van der Waals surface area (Å²) in [5, 5.41) is 3.33. The summed E-state index contributed by atoms with van der Waals surface area (Å²) in [6, 6.07) is 4.65. The summed E-state index contributed by atoms with van der Waals surface area (Å²) in [5.41, 5.74) is 0.554. The average molecular weight is 353 g/mol. The van der Waals surface area contributed by atoms with Crippen LogP contribution in [0, 0.1) is 17.6 Å². The number of piperazine rings is 1. The minimum absolute atomic E-state index is 0. The molecule has 1 atom stereocenters. The first-order chi connectivity index (χ1) is 9.77. The third-order valence-electron chi connectivity index (χ3n) is 4.69. The van der Waals surface area contributed by atoms with Crippen LogP contribution >= 0.6 is 24.8 Å². The van der Waals surface area contributed by atoms with Gasteiger partial charge in [0.05, 0.1) is 0 Å². The lowest BCUT2D eigenvalue weighted by Crippen LogP contribution is -2.47. The van der Waals surface area contributed by atoms with E-state index in [4.69, 9.17) is 0 Å². The van der Waals surface area contributed by atoms with Crippen molar-refractivity contribution in [2.45, 2.75) is 31.7 Å². The van der Waals surface area contributed by atoms with Crippen LogP contribution in [0.2, 0.25) is 0 Å². The molecule has 6 heteroatoms. The van der Waals surface area contributed by atoms with Gasteiger partial charge in [-0.2, -0.15) is 0 Å². The van der Waals surface area contributed by atoms with E-state index in [2.05, 4.69) is 10.2 Å². The van der Waals surface area contributed by atoms with Gasteiger partial charge in [0, 0.05) is 37.8 Å². The molecule has 0 unspecified atom stereocenters. The zero-order valence-corrected chi connectivity index (χ0v) is 14.2. The van der Waals surface area contributed by atoms with Gasteiger partial charge < -0.3 is 5.32 Å². The monoisotopic (exact) mass is 352 g/mol. The molecule has 0 spiro atoms. The van der Waals surface area contributed by atoms with Gasteiger partial charge in [0.1, 0.15) is 0 Å². The fraction of sp³-hybridized carbons (Fsp3) is 0.625. The van der Waals surface area contributed by atoms with Crippen LogP contribution in [0.1, 0.15) is 37.3 Å². The van der Waals surface area contributed by atoms with Crippen LogP contribution in [0.25, 0.3) is 0 Å². The molecule has 22 heavy (non-hydrogen) atoms. The van der Waals surface area contributed by atoms with E-state index in [0.29, 0.717) is 11.5 Å². The molecular formula is C16H24Cl2F2N2. The third-order valence-corrected chi connectivity index (χ3v) is 4.69. The molecule has 1 heterocycles. The second kappa shape index (κ2) is 9.02. The van der Waals surface area contributed by atoms with Crippen LogP contribution in [0.3, 0.4) is 0 Å². The molecule has 1 saturated carbocycles. The van der Waals surface area contributed by atoms with Gasteiger partial charge in [0.25, 0.3) is 0 Å². The molecule has 126 valence electrons. The van der Waals surface area contributed by atoms with Crippen molar-refractivity contribution >= 4 is 24.8 Å². The molecule has 1 aliphatic heterocycles. The molecule has 1 aromatic rings. The van der Waals surface area contributed by atoms with Gasteiger partial charge in [-0.05, 0) is 24.8 Å². The third kappa shape index (κ3) is 4.10. The lowest BCUT2D eigenvalue weighted by Gasteiger charge is -2.38. The summed E-state index contributed by atoms with van der Waals surface area (Å²) in [5.74, 6) is -0.909. The zero-order valence-electron chi connectivity index (χ0n) is 12.6. The Morgan fingerprint density at radius 3 is 2.32 bits per heavy atom. The lowest BCUT2D eigenvalue weighted by molar-refractivity contribution is 0.122. The summed E-state index contributed by atoms with van der Waals surface area (Å²) in [6.07, 6.45) is 4.68. The molecule has 1 aliphatic carbocycles. The lowest BCUT2D eigenvalue weighted by atomic mass is 9.89. The van der Waals surface area contributed by atoms with Crippen LogP contribution in [0.4, 0.5) is 8.78 Å². The van der Waals surface area contributed by atoms with Crippen LogP contribution in [-0.4, -0.2) is 31.1 Å². The van der Waals surface area contributed by atoms with Gasteiger partial charge in [0.15, 0.2) is 11.6 Å². The van der Waals surface area contributed by atoms with Crippen LogP contribution in [0.15, 0.2) is 18.2 Å². The molecule has 1 saturated heterocycles. The number of benzene rings is 1. The Kier molecular flexibility index (Phi) is 8.04. The van der Waals surface area contributed by atoms with Crippen LogP contribution < -0.4 is 5.32 Å². The smallest absolute Gasteiger partial charge is 0.163 e. The van der Waals surface area contributed by atoms with E-state index >= 15 is 0 Å². The SMILES string of the molecule is Cl.Cl.Fc1cccc([C@H](C2CCCC2)N2CCNCC2)c1F. The summed E-state index contributed by atoms with van der Waals surface area (Å²) in [4.78, 5) is 2.34. The Morgan fingerprint density at radius 1 is 1.05 bits per heavy atom. The largest absolute Gasteiger partial charge is 0.314 e. The van der Waals surface area contributed by atoms with E-state index < -0.39 is 11.6 Å². The molecule has 1 aromatic carbocycles. The first kappa shape index (κ1) is 19.6. The van der Waals surface area contributed by atoms with Crippen molar-refractivity contribution in [1.82, 2.24) is 10.2 Å². The first-order valence-electron chi connectivity index (χ1n) is 7.66. The fourth-order valence-electron chi connectivity index (χ4n) is 3.73. The normalized spacial score (nSPS) is 21.0. The molecule has 2 nitrogen and oxygen atoms in total. The first-order valence-corrected chi connectivity index (χ1v) is 7.66. The summed E-state index contributed by atoms with van der Waals surface area (Å²) < 4.78 is 27.8. The van der Waals surface area contributed by atoms with Gasteiger partial charge in [0.2, 0.25) is 0 Å². The molecule has 2 aliphatic rings. The predicted octanol–water partition coefficient (Wildman–Crippen LogP) is 3.94. The average Bonchev–Trinajstić information content (AvgIpc) is 2.99. The number of hydrogen-bond donors (Lipinski definition) is 1. The molecule has 0 aromatic heterocycles. The minimum atomic E-state index is -0.722. The molecule has 1 N–H and O–H groups in total. The quantitative estimate of drug-likeness (QED) is 0.885. The van der Waals surface area contributed by atoms with Crippen molar-refractivity contribution < 1.29 is 8.78 Å². The zero-order chi connectivity index (χ0) is 13.9. The highest BCUT2D eigenvalue weighted by atomic mass is 35.5. The van der Waals surface area contributed by atoms with Gasteiger partial charge in [-0.25, -0.2) is 8.78 Å². The van der Waals surface area contributed by atoms with E-state index in [1.807, 2.05) is 0 Å². The highest BCUT2D eigenvalue weighted by molar-refractivity contribution is 5.85. The van der Waals surface area contributed by atoms with Crippen molar-refractivity contribution in [2.24, 2.45) is 5.92 Å². The van der Waals surface area contributed by atoms with E-state index in [-0.39, 0.29) is 30.9 Å². The molecule has 0 bridgehead atoms. The van der Waals surface area contributed by atoms with Gasteiger partial charge >= 0.3 is 0 Å². The molecule has 3 rings (SSSR count). The summed E-state index contributed by atoms with van der Waals surface area (Å²) in [7, 11) is 0. The predicted molar refractivity (Wildman–Crippen MR) is 90.0 cm³/mol. The van der Waals surface area contributed by atoms with E-state index in [1.165, 1.54) is 18.9 Å². The Labute approximate surface area is 143 Å². The van der Waals surface area contributed by atoms with E-state index in [9.17, 15) is 8.78 Å². The second-order valence-corrected chi connectivity index (χ2v) is 5.92. The second-order valence-electron chi connectivity index (χ2n) is 5.92. The van der Waals surface area contributed by atoms with Gasteiger partial charge in [-0.1, -0.05) is 25.0 Å². The van der Waals surface area contributed by atoms with Crippen molar-refractivity contribution in [3.63, 3.8) is 0 Å². The number of nitrogens with zero attached hydrogens (tertiary/aromatic N) is 1. The maximum absolute atomic E-state index is 14.2. The minimum Gasteiger partial charge on any atom is -0.314 e. The Morgan fingerprint density at radius 2 is 1.68 bits per heavy atom. The highest BCUT2D eigenvalue weighted by Crippen LogP contribution is 2.40. The Hall–Kier alpha value is -0.420. The van der Waals surface area contributed by atoms with Gasteiger partial charge in [-0.15, -0.1) is 24.8 Å². The maximum atomic E-state index is 14.2. The molecule has 0 radical (unpaired) electrons. The van der Waals surface area contributed by atoms with Crippen molar-refractivity contribution in [1.29, 1.82) is 0 Å². The van der Waals surface area contributed by atoms with Crippen LogP contribution in [0.5, 0.6) is 0 Å². The topological polar surface area (TPSA) is 15.3 Å². The molecular weight excluding hydrogens is 329 g/mol. The highest BCUT2D eigenvalue weighted by Gasteiger charge is 2.33. The van der Waals surface area contributed by atoms with Crippen molar-refractivity contribution in [3.8, 4) is 0 Å². The maximum Gasteiger partial charge on any atom is 0.163 e. The number of halogens is 4.